The smallest absolute Gasteiger partial charge is 0.410 e. The fraction of sp³-hybridized carbons (Fsp3) is 0.568. The number of sulfone groups is 1. The summed E-state index contributed by atoms with van der Waals surface area (Å²) >= 11 is 0. The van der Waals surface area contributed by atoms with Gasteiger partial charge in [-0.2, -0.15) is 5.10 Å². The van der Waals surface area contributed by atoms with Crippen LogP contribution in [0, 0.1) is 13.8 Å². The molecule has 17 nitrogen and oxygen atoms in total. The topological polar surface area (TPSA) is 190 Å². The van der Waals surface area contributed by atoms with Crippen molar-refractivity contribution in [3.63, 3.8) is 0 Å². The summed E-state index contributed by atoms with van der Waals surface area (Å²) in [5.41, 5.74) is 1.83. The molecule has 0 spiro atoms. The van der Waals surface area contributed by atoms with Crippen molar-refractivity contribution in [1.29, 1.82) is 0 Å². The number of H-pyrrole nitrogens is 1. The highest BCUT2D eigenvalue weighted by molar-refractivity contribution is 7.92. The third-order valence-electron chi connectivity index (χ3n) is 9.45. The second-order valence-electron chi connectivity index (χ2n) is 15.7. The van der Waals surface area contributed by atoms with E-state index in [0.29, 0.717) is 73.6 Å². The van der Waals surface area contributed by atoms with Gasteiger partial charge >= 0.3 is 6.09 Å². The van der Waals surface area contributed by atoms with Crippen molar-refractivity contribution in [2.24, 2.45) is 0 Å². The van der Waals surface area contributed by atoms with Crippen molar-refractivity contribution in [1.82, 2.24) is 39.9 Å². The molecule has 18 heteroatoms. The number of fused-ring (bicyclic) bond motifs is 1. The molecule has 0 bridgehead atoms. The molecule has 3 aromatic heterocycles. The van der Waals surface area contributed by atoms with Gasteiger partial charge in [-0.25, -0.2) is 33.1 Å². The zero-order valence-corrected chi connectivity index (χ0v) is 33.7. The molecule has 2 fully saturated rings. The van der Waals surface area contributed by atoms with E-state index in [4.69, 9.17) is 18.9 Å². The minimum absolute atomic E-state index is 0.0868. The van der Waals surface area contributed by atoms with Crippen LogP contribution in [0.4, 0.5) is 22.4 Å². The molecule has 5 heterocycles. The lowest BCUT2D eigenvalue weighted by Crippen LogP contribution is -2.49. The highest BCUT2D eigenvalue weighted by Gasteiger charge is 2.35. The number of hydrogen-bond donors (Lipinski definition) is 2. The van der Waals surface area contributed by atoms with Crippen LogP contribution in [0.3, 0.4) is 0 Å². The molecular formula is C37H52N10O7S. The van der Waals surface area contributed by atoms with Crippen LogP contribution in [-0.2, 0) is 19.3 Å². The van der Waals surface area contributed by atoms with Crippen LogP contribution in [0.2, 0.25) is 0 Å². The fourth-order valence-electron chi connectivity index (χ4n) is 6.04. The number of carbonyl (C=O) groups excluding carboxylic acids is 1. The molecule has 6 rings (SSSR count). The summed E-state index contributed by atoms with van der Waals surface area (Å²) < 4.78 is 50.1. The predicted octanol–water partition coefficient (Wildman–Crippen LogP) is 4.29. The van der Waals surface area contributed by atoms with Crippen LogP contribution in [0.1, 0.15) is 52.8 Å². The number of aryl methyl sites for hydroxylation is 1. The lowest BCUT2D eigenvalue weighted by Gasteiger charge is -2.34. The first kappa shape index (κ1) is 39.9. The molecule has 0 aliphatic carbocycles. The second-order valence-corrected chi connectivity index (χ2v) is 18.4. The first-order valence-electron chi connectivity index (χ1n) is 18.4. The Balaban J connectivity index is 1.03. The molecule has 298 valence electrons. The van der Waals surface area contributed by atoms with Crippen LogP contribution in [0.15, 0.2) is 35.7 Å². The zero-order valence-electron chi connectivity index (χ0n) is 32.9. The maximum absolute atomic E-state index is 13.9. The number of nitrogens with zero attached hydrogens (tertiary/aromatic N) is 8. The summed E-state index contributed by atoms with van der Waals surface area (Å²) in [6, 6.07) is 3.27. The summed E-state index contributed by atoms with van der Waals surface area (Å²) in [7, 11) is -3.81. The van der Waals surface area contributed by atoms with Gasteiger partial charge < -0.3 is 34.1 Å². The maximum Gasteiger partial charge on any atom is 0.410 e. The Morgan fingerprint density at radius 3 is 2.35 bits per heavy atom. The van der Waals surface area contributed by atoms with Crippen molar-refractivity contribution in [3.05, 3.63) is 42.1 Å². The van der Waals surface area contributed by atoms with Crippen LogP contribution in [0.25, 0.3) is 10.9 Å². The van der Waals surface area contributed by atoms with E-state index in [9.17, 15) is 13.2 Å². The summed E-state index contributed by atoms with van der Waals surface area (Å²) in [4.78, 5) is 36.5. The van der Waals surface area contributed by atoms with E-state index >= 15 is 0 Å². The van der Waals surface area contributed by atoms with Gasteiger partial charge in [0.05, 0.1) is 35.8 Å². The van der Waals surface area contributed by atoms with Crippen molar-refractivity contribution in [2.45, 2.75) is 76.7 Å². The molecule has 0 radical (unpaired) electrons. The van der Waals surface area contributed by atoms with E-state index in [1.54, 1.807) is 50.2 Å². The number of rotatable bonds is 11. The van der Waals surface area contributed by atoms with Gasteiger partial charge in [-0.05, 0) is 61.5 Å². The van der Waals surface area contributed by atoms with E-state index in [0.717, 1.165) is 24.3 Å². The zero-order chi connectivity index (χ0) is 39.5. The number of nitrogens with one attached hydrogen (secondary N) is 2. The second kappa shape index (κ2) is 16.1. The molecular weight excluding hydrogens is 729 g/mol. The largest absolute Gasteiger partial charge is 0.491 e. The third kappa shape index (κ3) is 9.53. The number of hydrogen-bond acceptors (Lipinski definition) is 15. The average molecular weight is 781 g/mol. The monoisotopic (exact) mass is 780 g/mol. The molecule has 1 aromatic carbocycles. The summed E-state index contributed by atoms with van der Waals surface area (Å²) in [5, 5.41) is 11.0. The van der Waals surface area contributed by atoms with Crippen LogP contribution in [-0.4, -0.2) is 137 Å². The Morgan fingerprint density at radius 1 is 0.964 bits per heavy atom. The fourth-order valence-corrected chi connectivity index (χ4v) is 7.36. The Bertz CT molecular complexity index is 2070. The number of anilines is 3. The van der Waals surface area contributed by atoms with Crippen molar-refractivity contribution in [3.8, 4) is 11.5 Å². The number of aromatic nitrogens is 6. The number of piperazine rings is 1. The number of amides is 1. The molecule has 4 aromatic rings. The van der Waals surface area contributed by atoms with Gasteiger partial charge in [-0.15, -0.1) is 0 Å². The number of morpholine rings is 1. The lowest BCUT2D eigenvalue weighted by molar-refractivity contribution is -0.0557. The SMILES string of the molecule is Cc1[nH]nc(Nc2ncnc3cc(OCCN4CCN(c5ncc(OCC6CN(C(=O)OC(C)(C)C)CCO6)cn5)CC4)c(S(=O)(=O)C(C)(C)C)cc23)c1C. The van der Waals surface area contributed by atoms with Gasteiger partial charge in [-0.3, -0.25) is 10.00 Å². The van der Waals surface area contributed by atoms with Crippen LogP contribution < -0.4 is 19.7 Å². The Labute approximate surface area is 322 Å². The molecule has 2 saturated heterocycles. The minimum atomic E-state index is -3.81. The Morgan fingerprint density at radius 2 is 1.69 bits per heavy atom. The standard InChI is InChI=1S/C37H52N10O7S/c1-24-25(2)43-44-32(24)42-33-28-17-31(55(49,50)37(6,7)8)30(18-29(28)40-23-41-33)52-15-13-45-9-11-46(12-10-45)34-38-19-26(20-39-34)53-22-27-21-47(14-16-51-27)35(48)54-36(3,4)5/h17-20,23,27H,9-16,21-22H2,1-8H3,(H2,40,41,42,43,44). The summed E-state index contributed by atoms with van der Waals surface area (Å²) in [6.07, 6.45) is 4.07. The van der Waals surface area contributed by atoms with Crippen molar-refractivity contribution < 1.29 is 32.2 Å². The normalized spacial score (nSPS) is 17.3. The highest BCUT2D eigenvalue weighted by Crippen LogP contribution is 2.37. The predicted molar refractivity (Wildman–Crippen MR) is 207 cm³/mol. The minimum Gasteiger partial charge on any atom is -0.491 e. The molecule has 55 heavy (non-hydrogen) atoms. The third-order valence-corrected chi connectivity index (χ3v) is 12.0. The Kier molecular flexibility index (Phi) is 11.7. The summed E-state index contributed by atoms with van der Waals surface area (Å²) in [5.74, 6) is 2.43. The molecule has 2 aliphatic rings. The molecule has 1 amide bonds. The maximum atomic E-state index is 13.9. The highest BCUT2D eigenvalue weighted by atomic mass is 32.2. The number of ether oxygens (including phenoxy) is 4. The number of aromatic amines is 1. The molecule has 1 unspecified atom stereocenters. The van der Waals surface area contributed by atoms with Crippen molar-refractivity contribution >= 4 is 44.4 Å². The first-order chi connectivity index (χ1) is 26.0. The van der Waals surface area contributed by atoms with E-state index < -0.39 is 20.2 Å². The van der Waals surface area contributed by atoms with Gasteiger partial charge in [0.1, 0.15) is 47.7 Å². The molecule has 2 aliphatic heterocycles. The van der Waals surface area contributed by atoms with Gasteiger partial charge in [0.15, 0.2) is 21.4 Å². The van der Waals surface area contributed by atoms with E-state index in [1.165, 1.54) is 6.33 Å². The van der Waals surface area contributed by atoms with Crippen LogP contribution in [0.5, 0.6) is 11.5 Å². The molecule has 0 saturated carbocycles. The molecule has 1 atom stereocenters. The number of carbonyl (C=O) groups is 1. The van der Waals surface area contributed by atoms with Crippen molar-refractivity contribution in [2.75, 3.05) is 75.9 Å². The average Bonchev–Trinajstić information content (AvgIpc) is 3.45. The van der Waals surface area contributed by atoms with E-state index in [-0.39, 0.29) is 36.1 Å². The Hall–Kier alpha value is -4.81. The van der Waals surface area contributed by atoms with Gasteiger partial charge in [0.25, 0.3) is 0 Å². The summed E-state index contributed by atoms with van der Waals surface area (Å²) in [6.45, 7) is 19.7. The van der Waals surface area contributed by atoms with Gasteiger partial charge in [0.2, 0.25) is 5.95 Å². The van der Waals surface area contributed by atoms with Gasteiger partial charge in [0, 0.05) is 62.0 Å². The quantitative estimate of drug-likeness (QED) is 0.219. The van der Waals surface area contributed by atoms with E-state index in [2.05, 4.69) is 45.2 Å². The van der Waals surface area contributed by atoms with Crippen LogP contribution >= 0.6 is 0 Å². The first-order valence-corrected chi connectivity index (χ1v) is 19.9. The lowest BCUT2D eigenvalue weighted by atomic mass is 10.2. The van der Waals surface area contributed by atoms with E-state index in [1.807, 2.05) is 34.6 Å². The number of benzene rings is 1. The van der Waals surface area contributed by atoms with Gasteiger partial charge in [-0.1, -0.05) is 0 Å². The molecule has 2 N–H and O–H groups in total.